The van der Waals surface area contributed by atoms with Crippen molar-refractivity contribution < 1.29 is 30.7 Å². The second-order valence-electron chi connectivity index (χ2n) is 6.23. The summed E-state index contributed by atoms with van der Waals surface area (Å²) in [7, 11) is -9.41. The molecule has 14 nitrogen and oxygen atoms in total. The Labute approximate surface area is 193 Å². The van der Waals surface area contributed by atoms with E-state index >= 15 is 0 Å². The molecular formula is C17H31N7O7S2. The van der Waals surface area contributed by atoms with Gasteiger partial charge in [0.25, 0.3) is 20.2 Å². The molecule has 188 valence electrons. The maximum absolute atomic E-state index is 11.7. The van der Waals surface area contributed by atoms with Gasteiger partial charge in [0.15, 0.2) is 5.96 Å². The lowest BCUT2D eigenvalue weighted by molar-refractivity contribution is 0.0676. The zero-order valence-electron chi connectivity index (χ0n) is 18.4. The van der Waals surface area contributed by atoms with Crippen molar-refractivity contribution in [2.75, 3.05) is 51.4 Å². The molecule has 33 heavy (non-hydrogen) atoms. The number of hydrogen-bond acceptors (Lipinski definition) is 8. The lowest BCUT2D eigenvalue weighted by Crippen LogP contribution is -2.45. The third-order valence-corrected chi connectivity index (χ3v) is 5.75. The van der Waals surface area contributed by atoms with Crippen molar-refractivity contribution >= 4 is 37.8 Å². The Hall–Kier alpha value is -2.34. The molecule has 8 N–H and O–H groups in total. The smallest absolute Gasteiger partial charge is 0.296 e. The minimum absolute atomic E-state index is 0.0264. The van der Waals surface area contributed by atoms with Crippen LogP contribution in [0.5, 0.6) is 0 Å². The van der Waals surface area contributed by atoms with E-state index in [9.17, 15) is 25.9 Å². The van der Waals surface area contributed by atoms with Gasteiger partial charge >= 0.3 is 0 Å². The summed E-state index contributed by atoms with van der Waals surface area (Å²) in [5.41, 5.74) is 11.0. The summed E-state index contributed by atoms with van der Waals surface area (Å²) in [6, 6.07) is 2.47. The van der Waals surface area contributed by atoms with Gasteiger partial charge in [-0.05, 0) is 18.2 Å². The molecule has 0 aromatic heterocycles. The van der Waals surface area contributed by atoms with E-state index < -0.39 is 30.0 Å². The van der Waals surface area contributed by atoms with Crippen molar-refractivity contribution in [3.05, 3.63) is 18.2 Å². The van der Waals surface area contributed by atoms with Gasteiger partial charge in [0.2, 0.25) is 5.96 Å². The van der Waals surface area contributed by atoms with Crippen molar-refractivity contribution in [1.29, 1.82) is 0 Å². The number of rotatable bonds is 7. The first kappa shape index (κ1) is 28.7. The van der Waals surface area contributed by atoms with Crippen molar-refractivity contribution in [1.82, 2.24) is 10.2 Å². The third-order valence-electron chi connectivity index (χ3n) is 3.99. The fourth-order valence-electron chi connectivity index (χ4n) is 2.50. The molecule has 2 rings (SSSR count). The molecule has 1 aliphatic rings. The maximum atomic E-state index is 11.7. The summed E-state index contributed by atoms with van der Waals surface area (Å²) in [6.45, 7) is 6.65. The van der Waals surface area contributed by atoms with E-state index in [1.807, 2.05) is 13.8 Å². The van der Waals surface area contributed by atoms with Crippen LogP contribution >= 0.6 is 0 Å². The first-order valence-electron chi connectivity index (χ1n) is 10.0. The number of benzene rings is 1. The van der Waals surface area contributed by atoms with Crippen LogP contribution in [0.1, 0.15) is 13.8 Å². The largest absolute Gasteiger partial charge is 0.378 e. The second-order valence-corrected chi connectivity index (χ2v) is 9.04. The fraction of sp³-hybridized carbons (Fsp3) is 0.529. The van der Waals surface area contributed by atoms with Gasteiger partial charge in [-0.3, -0.25) is 14.4 Å². The molecule has 1 aromatic carbocycles. The lowest BCUT2D eigenvalue weighted by Gasteiger charge is -2.27. The number of ether oxygens (including phenoxy) is 1. The number of nitrogens with one attached hydrogen (secondary N) is 2. The van der Waals surface area contributed by atoms with Crippen LogP contribution in [0.15, 0.2) is 38.0 Å². The average molecular weight is 510 g/mol. The van der Waals surface area contributed by atoms with Gasteiger partial charge in [-0.25, -0.2) is 4.99 Å². The van der Waals surface area contributed by atoms with Gasteiger partial charge in [0, 0.05) is 26.2 Å². The molecule has 1 heterocycles. The van der Waals surface area contributed by atoms with Gasteiger partial charge in [0.05, 0.1) is 30.5 Å². The zero-order chi connectivity index (χ0) is 25.1. The normalized spacial score (nSPS) is 15.6. The molecule has 0 spiro atoms. The summed E-state index contributed by atoms with van der Waals surface area (Å²) in [4.78, 5) is 8.74. The lowest BCUT2D eigenvalue weighted by atomic mass is 10.3. The number of anilines is 1. The van der Waals surface area contributed by atoms with Crippen LogP contribution < -0.4 is 22.1 Å². The highest BCUT2D eigenvalue weighted by Gasteiger charge is 2.21. The molecule has 0 amide bonds. The van der Waals surface area contributed by atoms with Gasteiger partial charge in [-0.1, -0.05) is 13.8 Å². The summed E-state index contributed by atoms with van der Waals surface area (Å²) in [5.74, 6) is -0.112. The van der Waals surface area contributed by atoms with Gasteiger partial charge in [0.1, 0.15) is 4.90 Å². The number of nitrogens with zero attached hydrogens (tertiary/aromatic N) is 3. The predicted molar refractivity (Wildman–Crippen MR) is 124 cm³/mol. The molecule has 1 aromatic rings. The molecule has 0 aliphatic carbocycles. The number of hydrogen-bond donors (Lipinski definition) is 6. The Morgan fingerprint density at radius 2 is 1.79 bits per heavy atom. The van der Waals surface area contributed by atoms with Crippen LogP contribution in [0.2, 0.25) is 0 Å². The van der Waals surface area contributed by atoms with E-state index in [0.29, 0.717) is 39.4 Å². The van der Waals surface area contributed by atoms with Crippen LogP contribution in [0, 0.1) is 0 Å². The molecule has 0 unspecified atom stereocenters. The van der Waals surface area contributed by atoms with E-state index in [1.54, 1.807) is 4.90 Å². The summed E-state index contributed by atoms with van der Waals surface area (Å²) >= 11 is 0. The SMILES string of the molecule is CC.NCCNC/N=C(\N=C(/N)N1CCOCC1)Nc1cc(S(=O)(=O)O)ccc1S(=O)(=O)O. The van der Waals surface area contributed by atoms with Crippen molar-refractivity contribution in [3.63, 3.8) is 0 Å². The summed E-state index contributed by atoms with van der Waals surface area (Å²) in [5, 5.41) is 5.44. The highest BCUT2D eigenvalue weighted by molar-refractivity contribution is 7.86. The molecule has 1 fully saturated rings. The van der Waals surface area contributed by atoms with Gasteiger partial charge < -0.3 is 26.4 Å². The maximum Gasteiger partial charge on any atom is 0.296 e. The van der Waals surface area contributed by atoms with Crippen molar-refractivity contribution in [3.8, 4) is 0 Å². The first-order chi connectivity index (χ1) is 15.5. The quantitative estimate of drug-likeness (QED) is 0.114. The number of aliphatic imine (C=N–C) groups is 2. The first-order valence-corrected chi connectivity index (χ1v) is 12.9. The Morgan fingerprint density at radius 3 is 2.33 bits per heavy atom. The van der Waals surface area contributed by atoms with E-state index in [2.05, 4.69) is 20.6 Å². The zero-order valence-corrected chi connectivity index (χ0v) is 20.1. The fourth-order valence-corrected chi connectivity index (χ4v) is 3.63. The molecule has 16 heteroatoms. The highest BCUT2D eigenvalue weighted by atomic mass is 32.2. The minimum Gasteiger partial charge on any atom is -0.378 e. The van der Waals surface area contributed by atoms with Gasteiger partial charge in [-0.2, -0.15) is 21.8 Å². The molecule has 1 saturated heterocycles. The van der Waals surface area contributed by atoms with E-state index in [4.69, 9.17) is 16.2 Å². The topological polar surface area (TPSA) is 222 Å². The summed E-state index contributed by atoms with van der Waals surface area (Å²) < 4.78 is 70.4. The average Bonchev–Trinajstić information content (AvgIpc) is 2.77. The predicted octanol–water partition coefficient (Wildman–Crippen LogP) is -0.873. The Kier molecular flexibility index (Phi) is 11.6. The van der Waals surface area contributed by atoms with Crippen LogP contribution in [0.3, 0.4) is 0 Å². The summed E-state index contributed by atoms with van der Waals surface area (Å²) in [6.07, 6.45) is 0. The van der Waals surface area contributed by atoms with Crippen LogP contribution in [-0.2, 0) is 25.0 Å². The highest BCUT2D eigenvalue weighted by Crippen LogP contribution is 2.25. The van der Waals surface area contributed by atoms with E-state index in [1.165, 1.54) is 0 Å². The van der Waals surface area contributed by atoms with Gasteiger partial charge in [-0.15, -0.1) is 0 Å². The molecule has 1 aliphatic heterocycles. The van der Waals surface area contributed by atoms with Crippen LogP contribution in [-0.4, -0.2) is 88.8 Å². The molecule has 0 atom stereocenters. The van der Waals surface area contributed by atoms with Crippen molar-refractivity contribution in [2.24, 2.45) is 21.5 Å². The van der Waals surface area contributed by atoms with Crippen LogP contribution in [0.4, 0.5) is 5.69 Å². The van der Waals surface area contributed by atoms with Crippen molar-refractivity contribution in [2.45, 2.75) is 23.6 Å². The number of morpholine rings is 1. The Bertz CT molecular complexity index is 1040. The van der Waals surface area contributed by atoms with E-state index in [0.717, 1.165) is 18.2 Å². The molecule has 0 radical (unpaired) electrons. The molecule has 0 bridgehead atoms. The van der Waals surface area contributed by atoms with E-state index in [-0.39, 0.29) is 24.3 Å². The van der Waals surface area contributed by atoms with Crippen LogP contribution in [0.25, 0.3) is 0 Å². The number of nitrogens with two attached hydrogens (primary N) is 2. The molecular weight excluding hydrogens is 478 g/mol. The monoisotopic (exact) mass is 509 g/mol. The Morgan fingerprint density at radius 1 is 1.15 bits per heavy atom. The molecule has 0 saturated carbocycles. The standard InChI is InChI=1S/C15H25N7O7S2.C2H6/c16-3-4-18-10-19-15(21-14(17)22-5-7-29-8-6-22)20-12-9-11(30(23,24)25)1-2-13(12)31(26,27)28;1-2/h1-2,9,18H,3-8,10,16H2,(H,23,24,25)(H,26,27,28)(H3,17,19,20,21);1-2H3. The third kappa shape index (κ3) is 9.58. The Balaban J connectivity index is 0.00000265. The second kappa shape index (κ2) is 13.4. The number of guanidine groups is 2. The minimum atomic E-state index is -4.75.